The van der Waals surface area contributed by atoms with E-state index in [-0.39, 0.29) is 11.8 Å². The summed E-state index contributed by atoms with van der Waals surface area (Å²) in [7, 11) is 1.65. The Bertz CT molecular complexity index is 408. The van der Waals surface area contributed by atoms with Gasteiger partial charge in [0, 0.05) is 19.7 Å². The minimum Gasteiger partial charge on any atom is -0.325 e. The molecule has 1 aromatic heterocycles. The normalized spacial score (nSPS) is 11.9. The summed E-state index contributed by atoms with van der Waals surface area (Å²) >= 11 is 0. The van der Waals surface area contributed by atoms with Gasteiger partial charge in [0.2, 0.25) is 5.91 Å². The monoisotopic (exact) mass is 231 g/mol. The van der Waals surface area contributed by atoms with Crippen LogP contribution in [0, 0.1) is 17.2 Å². The summed E-state index contributed by atoms with van der Waals surface area (Å²) in [5.74, 6) is 0.255. The summed E-state index contributed by atoms with van der Waals surface area (Å²) in [6, 6.07) is 6.86. The molecule has 0 aromatic carbocycles. The molecule has 0 saturated heterocycles. The maximum absolute atomic E-state index is 11.9. The van der Waals surface area contributed by atoms with Gasteiger partial charge < -0.3 is 4.90 Å². The van der Waals surface area contributed by atoms with Gasteiger partial charge in [0.15, 0.2) is 6.04 Å². The van der Waals surface area contributed by atoms with Gasteiger partial charge in [-0.3, -0.25) is 9.78 Å². The van der Waals surface area contributed by atoms with E-state index in [4.69, 9.17) is 5.26 Å². The SMILES string of the molecule is CC(C)CC(=O)N(C)C(C#N)c1ccccn1. The molecule has 0 bridgehead atoms. The van der Waals surface area contributed by atoms with Crippen molar-refractivity contribution in [2.24, 2.45) is 5.92 Å². The van der Waals surface area contributed by atoms with Crippen LogP contribution in [0.4, 0.5) is 0 Å². The molecule has 4 nitrogen and oxygen atoms in total. The van der Waals surface area contributed by atoms with Crippen molar-refractivity contribution in [3.05, 3.63) is 30.1 Å². The third-order valence-electron chi connectivity index (χ3n) is 2.45. The van der Waals surface area contributed by atoms with Gasteiger partial charge in [0.05, 0.1) is 11.8 Å². The van der Waals surface area contributed by atoms with E-state index < -0.39 is 6.04 Å². The number of hydrogen-bond donors (Lipinski definition) is 0. The number of rotatable bonds is 4. The fraction of sp³-hybridized carbons (Fsp3) is 0.462. The Balaban J connectivity index is 2.82. The fourth-order valence-electron chi connectivity index (χ4n) is 1.53. The minimum absolute atomic E-state index is 0.0304. The second-order valence-corrected chi connectivity index (χ2v) is 4.39. The molecular formula is C13H17N3O. The first-order chi connectivity index (χ1) is 8.06. The van der Waals surface area contributed by atoms with Crippen LogP contribution < -0.4 is 0 Å². The number of hydrogen-bond acceptors (Lipinski definition) is 3. The lowest BCUT2D eigenvalue weighted by atomic mass is 10.1. The van der Waals surface area contributed by atoms with Crippen LogP contribution in [0.3, 0.4) is 0 Å². The van der Waals surface area contributed by atoms with Crippen LogP contribution in [0.25, 0.3) is 0 Å². The third kappa shape index (κ3) is 3.56. The zero-order valence-electron chi connectivity index (χ0n) is 10.4. The van der Waals surface area contributed by atoms with E-state index in [9.17, 15) is 4.79 Å². The Morgan fingerprint density at radius 1 is 1.53 bits per heavy atom. The lowest BCUT2D eigenvalue weighted by Crippen LogP contribution is -2.31. The van der Waals surface area contributed by atoms with Crippen LogP contribution in [0.2, 0.25) is 0 Å². The average Bonchev–Trinajstić information content (AvgIpc) is 2.30. The quantitative estimate of drug-likeness (QED) is 0.797. The number of aromatic nitrogens is 1. The van der Waals surface area contributed by atoms with Crippen molar-refractivity contribution in [1.29, 1.82) is 5.26 Å². The Morgan fingerprint density at radius 3 is 2.71 bits per heavy atom. The Kier molecular flexibility index (Phi) is 4.65. The van der Waals surface area contributed by atoms with E-state index >= 15 is 0 Å². The van der Waals surface area contributed by atoms with Gasteiger partial charge in [-0.05, 0) is 18.1 Å². The summed E-state index contributed by atoms with van der Waals surface area (Å²) < 4.78 is 0. The number of nitriles is 1. The molecule has 1 atom stereocenters. The molecule has 1 amide bonds. The zero-order valence-corrected chi connectivity index (χ0v) is 10.4. The van der Waals surface area contributed by atoms with Crippen LogP contribution >= 0.6 is 0 Å². The van der Waals surface area contributed by atoms with Gasteiger partial charge in [-0.25, -0.2) is 0 Å². The second kappa shape index (κ2) is 6.00. The molecule has 0 fully saturated rings. The molecule has 4 heteroatoms. The largest absolute Gasteiger partial charge is 0.325 e. The van der Waals surface area contributed by atoms with Crippen LogP contribution in [0.15, 0.2) is 24.4 Å². The van der Waals surface area contributed by atoms with Crippen molar-refractivity contribution in [1.82, 2.24) is 9.88 Å². The first-order valence-electron chi connectivity index (χ1n) is 5.62. The molecule has 0 radical (unpaired) electrons. The molecule has 0 spiro atoms. The van der Waals surface area contributed by atoms with Crippen molar-refractivity contribution in [2.45, 2.75) is 26.3 Å². The highest BCUT2D eigenvalue weighted by molar-refractivity contribution is 5.76. The molecule has 0 aliphatic carbocycles. The zero-order chi connectivity index (χ0) is 12.8. The highest BCUT2D eigenvalue weighted by atomic mass is 16.2. The van der Waals surface area contributed by atoms with Crippen molar-refractivity contribution < 1.29 is 4.79 Å². The average molecular weight is 231 g/mol. The van der Waals surface area contributed by atoms with Crippen LogP contribution in [-0.4, -0.2) is 22.8 Å². The van der Waals surface area contributed by atoms with E-state index in [2.05, 4.69) is 11.1 Å². The summed E-state index contributed by atoms with van der Waals surface area (Å²) in [6.45, 7) is 3.96. The molecule has 1 unspecified atom stereocenters. The van der Waals surface area contributed by atoms with Crippen molar-refractivity contribution in [3.8, 4) is 6.07 Å². The van der Waals surface area contributed by atoms with Gasteiger partial charge in [0.1, 0.15) is 0 Å². The van der Waals surface area contributed by atoms with Crippen LogP contribution in [0.5, 0.6) is 0 Å². The topological polar surface area (TPSA) is 57.0 Å². The summed E-state index contributed by atoms with van der Waals surface area (Å²) in [4.78, 5) is 17.5. The van der Waals surface area contributed by atoms with E-state index in [0.717, 1.165) is 0 Å². The maximum Gasteiger partial charge on any atom is 0.223 e. The number of amides is 1. The van der Waals surface area contributed by atoms with Gasteiger partial charge in [-0.15, -0.1) is 0 Å². The summed E-state index contributed by atoms with van der Waals surface area (Å²) in [5.41, 5.74) is 0.606. The van der Waals surface area contributed by atoms with Gasteiger partial charge in [-0.2, -0.15) is 5.26 Å². The van der Waals surface area contributed by atoms with Crippen LogP contribution in [-0.2, 0) is 4.79 Å². The smallest absolute Gasteiger partial charge is 0.223 e. The molecule has 1 heterocycles. The number of carbonyl (C=O) groups excluding carboxylic acids is 1. The molecule has 90 valence electrons. The molecular weight excluding hydrogens is 214 g/mol. The van der Waals surface area contributed by atoms with Crippen LogP contribution in [0.1, 0.15) is 32.0 Å². The molecule has 0 aliphatic rings. The Hall–Kier alpha value is -1.89. The highest BCUT2D eigenvalue weighted by Crippen LogP contribution is 2.17. The highest BCUT2D eigenvalue weighted by Gasteiger charge is 2.22. The molecule has 1 aromatic rings. The van der Waals surface area contributed by atoms with E-state index in [1.165, 1.54) is 4.90 Å². The first-order valence-corrected chi connectivity index (χ1v) is 5.62. The summed E-state index contributed by atoms with van der Waals surface area (Å²) in [5, 5.41) is 9.15. The number of nitrogens with zero attached hydrogens (tertiary/aromatic N) is 3. The number of pyridine rings is 1. The molecule has 0 N–H and O–H groups in total. The lowest BCUT2D eigenvalue weighted by Gasteiger charge is -2.23. The predicted molar refractivity (Wildman–Crippen MR) is 64.8 cm³/mol. The molecule has 17 heavy (non-hydrogen) atoms. The standard InChI is InChI=1S/C13H17N3O/c1-10(2)8-13(17)16(3)12(9-14)11-6-4-5-7-15-11/h4-7,10,12H,8H2,1-3H3. The van der Waals surface area contributed by atoms with Gasteiger partial charge in [0.25, 0.3) is 0 Å². The fourth-order valence-corrected chi connectivity index (χ4v) is 1.53. The third-order valence-corrected chi connectivity index (χ3v) is 2.45. The second-order valence-electron chi connectivity index (χ2n) is 4.39. The summed E-state index contributed by atoms with van der Waals surface area (Å²) in [6.07, 6.45) is 2.07. The Morgan fingerprint density at radius 2 is 2.24 bits per heavy atom. The minimum atomic E-state index is -0.609. The Labute approximate surface area is 102 Å². The molecule has 0 aliphatic heterocycles. The predicted octanol–water partition coefficient (Wildman–Crippen LogP) is 2.15. The molecule has 0 saturated carbocycles. The van der Waals surface area contributed by atoms with Gasteiger partial charge in [-0.1, -0.05) is 19.9 Å². The maximum atomic E-state index is 11.9. The molecule has 1 rings (SSSR count). The van der Waals surface area contributed by atoms with Gasteiger partial charge >= 0.3 is 0 Å². The van der Waals surface area contributed by atoms with E-state index in [1.54, 1.807) is 25.4 Å². The number of carbonyl (C=O) groups is 1. The first kappa shape index (κ1) is 13.2. The van der Waals surface area contributed by atoms with Crippen molar-refractivity contribution in [3.63, 3.8) is 0 Å². The van der Waals surface area contributed by atoms with Crippen molar-refractivity contribution >= 4 is 5.91 Å². The lowest BCUT2D eigenvalue weighted by molar-refractivity contribution is -0.132. The van der Waals surface area contributed by atoms with E-state index in [1.807, 2.05) is 19.9 Å². The van der Waals surface area contributed by atoms with E-state index in [0.29, 0.717) is 12.1 Å². The van der Waals surface area contributed by atoms with Crippen molar-refractivity contribution in [2.75, 3.05) is 7.05 Å².